The highest BCUT2D eigenvalue weighted by Gasteiger charge is 2.22. The van der Waals surface area contributed by atoms with Gasteiger partial charge in [-0.2, -0.15) is 0 Å². The second-order valence-corrected chi connectivity index (χ2v) is 4.70. The third-order valence-corrected chi connectivity index (χ3v) is 3.49. The van der Waals surface area contributed by atoms with Gasteiger partial charge in [0, 0.05) is 37.6 Å². The number of nitrogens with zero attached hydrogens (tertiary/aromatic N) is 3. The van der Waals surface area contributed by atoms with Crippen LogP contribution in [-0.2, 0) is 0 Å². The number of nitrogens with two attached hydrogens (primary N) is 1. The van der Waals surface area contributed by atoms with Gasteiger partial charge in [-0.25, -0.2) is 10.8 Å². The summed E-state index contributed by atoms with van der Waals surface area (Å²) in [7, 11) is 4.31. The van der Waals surface area contributed by atoms with Gasteiger partial charge in [0.15, 0.2) is 0 Å². The van der Waals surface area contributed by atoms with Crippen LogP contribution in [0.3, 0.4) is 0 Å². The largest absolute Gasteiger partial charge is 0.373 e. The number of likely N-dealkylation sites (tertiary alicyclic amines) is 1. The van der Waals surface area contributed by atoms with E-state index in [1.807, 2.05) is 12.1 Å². The second kappa shape index (κ2) is 5.33. The van der Waals surface area contributed by atoms with E-state index >= 15 is 0 Å². The van der Waals surface area contributed by atoms with Gasteiger partial charge in [-0.1, -0.05) is 0 Å². The lowest BCUT2D eigenvalue weighted by Gasteiger charge is -2.27. The number of hydrazine groups is 1. The number of rotatable bonds is 4. The van der Waals surface area contributed by atoms with E-state index in [2.05, 4.69) is 34.3 Å². The molecule has 1 unspecified atom stereocenters. The number of nitrogen functional groups attached to an aromatic ring is 1. The quantitative estimate of drug-likeness (QED) is 0.600. The van der Waals surface area contributed by atoms with Crippen molar-refractivity contribution < 1.29 is 0 Å². The molecule has 1 aliphatic rings. The van der Waals surface area contributed by atoms with Gasteiger partial charge in [0.25, 0.3) is 0 Å². The maximum Gasteiger partial charge on any atom is 0.141 e. The summed E-state index contributed by atoms with van der Waals surface area (Å²) in [5, 5.41) is 0. The fourth-order valence-electron chi connectivity index (χ4n) is 2.37. The first-order chi connectivity index (χ1) is 8.20. The van der Waals surface area contributed by atoms with Crippen molar-refractivity contribution in [3.8, 4) is 0 Å². The molecule has 5 heteroatoms. The van der Waals surface area contributed by atoms with Gasteiger partial charge in [0.1, 0.15) is 5.82 Å². The topological polar surface area (TPSA) is 57.4 Å². The second-order valence-electron chi connectivity index (χ2n) is 4.70. The highest BCUT2D eigenvalue weighted by molar-refractivity contribution is 5.52. The molecule has 1 aromatic rings. The SMILES string of the molecule is CN(CC1CCCN1C)c1ccnc(NN)c1. The van der Waals surface area contributed by atoms with Crippen LogP contribution < -0.4 is 16.2 Å². The molecular formula is C12H21N5. The molecule has 0 aromatic carbocycles. The van der Waals surface area contributed by atoms with Crippen molar-refractivity contribution in [2.75, 3.05) is 37.5 Å². The van der Waals surface area contributed by atoms with E-state index in [0.29, 0.717) is 11.9 Å². The molecule has 5 nitrogen and oxygen atoms in total. The van der Waals surface area contributed by atoms with Crippen LogP contribution in [0.15, 0.2) is 18.3 Å². The molecular weight excluding hydrogens is 214 g/mol. The summed E-state index contributed by atoms with van der Waals surface area (Å²) in [6.07, 6.45) is 4.37. The van der Waals surface area contributed by atoms with Crippen molar-refractivity contribution in [1.82, 2.24) is 9.88 Å². The van der Waals surface area contributed by atoms with Gasteiger partial charge in [0.2, 0.25) is 0 Å². The third kappa shape index (κ3) is 2.87. The zero-order chi connectivity index (χ0) is 12.3. The minimum absolute atomic E-state index is 0.655. The van der Waals surface area contributed by atoms with Gasteiger partial charge < -0.3 is 15.2 Å². The van der Waals surface area contributed by atoms with E-state index in [-0.39, 0.29) is 0 Å². The lowest BCUT2D eigenvalue weighted by atomic mass is 10.2. The molecule has 0 radical (unpaired) electrons. The molecule has 2 heterocycles. The summed E-state index contributed by atoms with van der Waals surface area (Å²) in [6, 6.07) is 4.63. The standard InChI is InChI=1S/C12H21N5/c1-16-7-3-4-11(16)9-17(2)10-5-6-14-12(8-10)15-13/h5-6,8,11H,3-4,7,9,13H2,1-2H3,(H,14,15). The Balaban J connectivity index is 2.00. The molecule has 1 saturated heterocycles. The fraction of sp³-hybridized carbons (Fsp3) is 0.583. The zero-order valence-corrected chi connectivity index (χ0v) is 10.6. The van der Waals surface area contributed by atoms with E-state index in [4.69, 9.17) is 5.84 Å². The van der Waals surface area contributed by atoms with Crippen molar-refractivity contribution in [3.63, 3.8) is 0 Å². The Bertz CT molecular complexity index is 368. The summed E-state index contributed by atoms with van der Waals surface area (Å²) in [6.45, 7) is 2.26. The number of likely N-dealkylation sites (N-methyl/N-ethyl adjacent to an activating group) is 2. The summed E-state index contributed by atoms with van der Waals surface area (Å²) in [5.41, 5.74) is 3.72. The molecule has 17 heavy (non-hydrogen) atoms. The summed E-state index contributed by atoms with van der Waals surface area (Å²) in [4.78, 5) is 8.80. The van der Waals surface area contributed by atoms with Gasteiger partial charge in [0.05, 0.1) is 0 Å². The van der Waals surface area contributed by atoms with E-state index in [9.17, 15) is 0 Å². The molecule has 0 amide bonds. The molecule has 0 aliphatic carbocycles. The average Bonchev–Trinajstić information content (AvgIpc) is 2.75. The molecule has 94 valence electrons. The third-order valence-electron chi connectivity index (χ3n) is 3.49. The number of nitrogens with one attached hydrogen (secondary N) is 1. The zero-order valence-electron chi connectivity index (χ0n) is 10.6. The number of hydrogen-bond donors (Lipinski definition) is 2. The van der Waals surface area contributed by atoms with Gasteiger partial charge in [-0.15, -0.1) is 0 Å². The van der Waals surface area contributed by atoms with Crippen LogP contribution in [-0.4, -0.2) is 43.1 Å². The molecule has 1 atom stereocenters. The molecule has 1 aromatic heterocycles. The Labute approximate surface area is 103 Å². The molecule has 1 fully saturated rings. The Kier molecular flexibility index (Phi) is 3.81. The Morgan fingerprint density at radius 1 is 1.65 bits per heavy atom. The Hall–Kier alpha value is -1.33. The lowest BCUT2D eigenvalue weighted by molar-refractivity contribution is 0.314. The van der Waals surface area contributed by atoms with E-state index < -0.39 is 0 Å². The number of pyridine rings is 1. The van der Waals surface area contributed by atoms with E-state index in [1.54, 1.807) is 6.20 Å². The van der Waals surface area contributed by atoms with Crippen LogP contribution in [0.2, 0.25) is 0 Å². The normalized spacial score (nSPS) is 20.5. The Morgan fingerprint density at radius 3 is 3.12 bits per heavy atom. The first kappa shape index (κ1) is 12.1. The molecule has 0 saturated carbocycles. The maximum absolute atomic E-state index is 5.37. The van der Waals surface area contributed by atoms with Crippen molar-refractivity contribution in [3.05, 3.63) is 18.3 Å². The highest BCUT2D eigenvalue weighted by Crippen LogP contribution is 2.20. The lowest BCUT2D eigenvalue weighted by Crippen LogP contribution is -2.36. The van der Waals surface area contributed by atoms with Crippen LogP contribution in [0.25, 0.3) is 0 Å². The smallest absolute Gasteiger partial charge is 0.141 e. The number of aromatic nitrogens is 1. The van der Waals surface area contributed by atoms with Gasteiger partial charge in [-0.05, 0) is 32.5 Å². The monoisotopic (exact) mass is 235 g/mol. The summed E-state index contributed by atoms with van der Waals surface area (Å²) in [5.74, 6) is 6.07. The number of hydrogen-bond acceptors (Lipinski definition) is 5. The molecule has 2 rings (SSSR count). The predicted octanol–water partition coefficient (Wildman–Crippen LogP) is 0.898. The van der Waals surface area contributed by atoms with Crippen molar-refractivity contribution in [2.45, 2.75) is 18.9 Å². The summed E-state index contributed by atoms with van der Waals surface area (Å²) < 4.78 is 0. The van der Waals surface area contributed by atoms with Crippen molar-refractivity contribution >= 4 is 11.5 Å². The Morgan fingerprint density at radius 2 is 2.47 bits per heavy atom. The van der Waals surface area contributed by atoms with E-state index in [1.165, 1.54) is 19.4 Å². The minimum Gasteiger partial charge on any atom is -0.373 e. The van der Waals surface area contributed by atoms with Crippen molar-refractivity contribution in [1.29, 1.82) is 0 Å². The van der Waals surface area contributed by atoms with Crippen LogP contribution in [0.5, 0.6) is 0 Å². The maximum atomic E-state index is 5.37. The molecule has 0 bridgehead atoms. The van der Waals surface area contributed by atoms with Gasteiger partial charge in [-0.3, -0.25) is 0 Å². The minimum atomic E-state index is 0.655. The van der Waals surface area contributed by atoms with Crippen molar-refractivity contribution in [2.24, 2.45) is 5.84 Å². The molecule has 3 N–H and O–H groups in total. The fourth-order valence-corrected chi connectivity index (χ4v) is 2.37. The molecule has 1 aliphatic heterocycles. The first-order valence-corrected chi connectivity index (χ1v) is 6.05. The average molecular weight is 235 g/mol. The van der Waals surface area contributed by atoms with Crippen LogP contribution in [0.1, 0.15) is 12.8 Å². The van der Waals surface area contributed by atoms with Gasteiger partial charge >= 0.3 is 0 Å². The van der Waals surface area contributed by atoms with E-state index in [0.717, 1.165) is 12.2 Å². The molecule has 0 spiro atoms. The highest BCUT2D eigenvalue weighted by atomic mass is 15.3. The summed E-state index contributed by atoms with van der Waals surface area (Å²) >= 11 is 0. The first-order valence-electron chi connectivity index (χ1n) is 6.05. The number of anilines is 2. The van der Waals surface area contributed by atoms with Crippen LogP contribution in [0, 0.1) is 0 Å². The predicted molar refractivity (Wildman–Crippen MR) is 71.0 cm³/mol. The van der Waals surface area contributed by atoms with Crippen LogP contribution >= 0.6 is 0 Å². The van der Waals surface area contributed by atoms with Crippen LogP contribution in [0.4, 0.5) is 11.5 Å².